The Kier molecular flexibility index (Phi) is 4.07. The van der Waals surface area contributed by atoms with Gasteiger partial charge in [0.2, 0.25) is 15.0 Å². The molecule has 0 unspecified atom stereocenters. The summed E-state index contributed by atoms with van der Waals surface area (Å²) < 4.78 is 26.5. The summed E-state index contributed by atoms with van der Waals surface area (Å²) in [5.74, 6) is 0. The second-order valence-electron chi connectivity index (χ2n) is 6.94. The quantitative estimate of drug-likeness (QED) is 0.791. The number of aryl methyl sites for hydroxylation is 1. The number of imidazole rings is 1. The number of aliphatic hydroxyl groups is 1. The molecule has 8 nitrogen and oxygen atoms in total. The van der Waals surface area contributed by atoms with Gasteiger partial charge in [-0.2, -0.15) is 4.98 Å². The summed E-state index contributed by atoms with van der Waals surface area (Å²) in [4.78, 5) is 20.8. The van der Waals surface area contributed by atoms with Crippen molar-refractivity contribution in [2.45, 2.75) is 62.2 Å². The normalized spacial score (nSPS) is 28.2. The summed E-state index contributed by atoms with van der Waals surface area (Å²) in [6.45, 7) is 4.00. The molecule has 2 aromatic heterocycles. The van der Waals surface area contributed by atoms with Gasteiger partial charge >= 0.3 is 5.69 Å². The summed E-state index contributed by atoms with van der Waals surface area (Å²) in [6.07, 6.45) is 5.63. The van der Waals surface area contributed by atoms with Crippen molar-refractivity contribution in [2.24, 2.45) is 7.05 Å². The minimum Gasteiger partial charge on any atom is -0.390 e. The van der Waals surface area contributed by atoms with Gasteiger partial charge in [-0.05, 0) is 32.1 Å². The van der Waals surface area contributed by atoms with Gasteiger partial charge in [-0.3, -0.25) is 9.13 Å². The molecule has 0 radical (unpaired) electrons. The van der Waals surface area contributed by atoms with E-state index in [1.165, 1.54) is 10.8 Å². The molecule has 2 aromatic rings. The van der Waals surface area contributed by atoms with E-state index in [9.17, 15) is 18.3 Å². The van der Waals surface area contributed by atoms with Crippen LogP contribution in [-0.4, -0.2) is 44.5 Å². The molecule has 1 N–H and O–H groups in total. The maximum absolute atomic E-state index is 12.8. The van der Waals surface area contributed by atoms with Crippen molar-refractivity contribution >= 4 is 21.0 Å². The van der Waals surface area contributed by atoms with Crippen molar-refractivity contribution in [1.29, 1.82) is 0 Å². The second-order valence-corrected chi connectivity index (χ2v) is 8.85. The fraction of sp³-hybridized carbons (Fsp3) is 0.688. The minimum absolute atomic E-state index is 0.244. The molecule has 4 rings (SSSR count). The summed E-state index contributed by atoms with van der Waals surface area (Å²) in [5, 5.41) is 10.2. The maximum Gasteiger partial charge on any atom is 0.330 e. The van der Waals surface area contributed by atoms with E-state index in [0.29, 0.717) is 43.3 Å². The summed E-state index contributed by atoms with van der Waals surface area (Å²) in [6, 6.07) is 0. The van der Waals surface area contributed by atoms with Crippen LogP contribution in [0.2, 0.25) is 0 Å². The molecular formula is C16H24N4O4S. The van der Waals surface area contributed by atoms with Crippen molar-refractivity contribution in [3.8, 4) is 0 Å². The molecule has 2 saturated carbocycles. The van der Waals surface area contributed by atoms with E-state index in [1.807, 2.05) is 13.8 Å². The maximum atomic E-state index is 12.8. The molecular weight excluding hydrogens is 344 g/mol. The largest absolute Gasteiger partial charge is 0.390 e. The SMILES string of the molecule is CC.Cn1c(=O)n(C23CCC(O)(CC2)C3)c2nc(S(C)(=O)=O)ncc21. The molecule has 2 aliphatic rings. The molecule has 0 saturated heterocycles. The van der Waals surface area contributed by atoms with E-state index in [0.717, 1.165) is 6.26 Å². The molecule has 0 amide bonds. The minimum atomic E-state index is -3.56. The third-order valence-electron chi connectivity index (χ3n) is 5.35. The van der Waals surface area contributed by atoms with Gasteiger partial charge < -0.3 is 5.11 Å². The summed E-state index contributed by atoms with van der Waals surface area (Å²) in [7, 11) is -1.94. The number of fused-ring (bicyclic) bond motifs is 3. The van der Waals surface area contributed by atoms with Crippen LogP contribution in [0.1, 0.15) is 46.0 Å². The number of nitrogens with zero attached hydrogens (tertiary/aromatic N) is 4. The average molecular weight is 368 g/mol. The lowest BCUT2D eigenvalue weighted by atomic mass is 9.92. The Morgan fingerprint density at radius 3 is 2.28 bits per heavy atom. The Morgan fingerprint density at radius 2 is 1.80 bits per heavy atom. The Bertz CT molecular complexity index is 981. The predicted molar refractivity (Wildman–Crippen MR) is 93.2 cm³/mol. The zero-order valence-corrected chi connectivity index (χ0v) is 15.8. The van der Waals surface area contributed by atoms with Crippen LogP contribution in [0, 0.1) is 0 Å². The zero-order chi connectivity index (χ0) is 18.6. The Hall–Kier alpha value is -1.74. The van der Waals surface area contributed by atoms with Crippen molar-refractivity contribution in [3.05, 3.63) is 16.7 Å². The Morgan fingerprint density at radius 1 is 1.20 bits per heavy atom. The van der Waals surface area contributed by atoms with Gasteiger partial charge in [0.1, 0.15) is 5.52 Å². The number of sulfone groups is 1. The van der Waals surface area contributed by atoms with Crippen LogP contribution in [0.4, 0.5) is 0 Å². The Balaban J connectivity index is 0.000000880. The molecule has 2 bridgehead atoms. The van der Waals surface area contributed by atoms with Crippen molar-refractivity contribution in [1.82, 2.24) is 19.1 Å². The molecule has 9 heteroatoms. The van der Waals surface area contributed by atoms with Gasteiger partial charge in [0.05, 0.1) is 17.3 Å². The molecule has 0 spiro atoms. The lowest BCUT2D eigenvalue weighted by molar-refractivity contribution is 0.0521. The molecule has 0 atom stereocenters. The van der Waals surface area contributed by atoms with Gasteiger partial charge in [0.15, 0.2) is 5.65 Å². The van der Waals surface area contributed by atoms with Crippen LogP contribution in [0.25, 0.3) is 11.2 Å². The molecule has 138 valence electrons. The first-order valence-corrected chi connectivity index (χ1v) is 10.4. The highest BCUT2D eigenvalue weighted by molar-refractivity contribution is 7.90. The van der Waals surface area contributed by atoms with Crippen LogP contribution in [0.3, 0.4) is 0 Å². The topological polar surface area (TPSA) is 107 Å². The van der Waals surface area contributed by atoms with E-state index in [-0.39, 0.29) is 10.8 Å². The molecule has 0 aliphatic heterocycles. The fourth-order valence-corrected chi connectivity index (χ4v) is 4.65. The third-order valence-corrected chi connectivity index (χ3v) is 6.21. The van der Waals surface area contributed by atoms with Crippen molar-refractivity contribution in [3.63, 3.8) is 0 Å². The van der Waals surface area contributed by atoms with E-state index in [4.69, 9.17) is 0 Å². The van der Waals surface area contributed by atoms with Crippen LogP contribution in [0.5, 0.6) is 0 Å². The highest BCUT2D eigenvalue weighted by Gasteiger charge is 2.55. The molecule has 0 aromatic carbocycles. The molecule has 2 fully saturated rings. The second kappa shape index (κ2) is 5.63. The van der Waals surface area contributed by atoms with E-state index in [2.05, 4.69) is 9.97 Å². The smallest absolute Gasteiger partial charge is 0.330 e. The lowest BCUT2D eigenvalue weighted by Crippen LogP contribution is -2.38. The summed E-state index contributed by atoms with van der Waals surface area (Å²) in [5.41, 5.74) is -0.604. The van der Waals surface area contributed by atoms with Gasteiger partial charge in [-0.15, -0.1) is 0 Å². The molecule has 2 aliphatic carbocycles. The molecule has 2 heterocycles. The zero-order valence-electron chi connectivity index (χ0n) is 15.0. The summed E-state index contributed by atoms with van der Waals surface area (Å²) >= 11 is 0. The number of hydrogen-bond donors (Lipinski definition) is 1. The number of aromatic nitrogens is 4. The first-order valence-electron chi connectivity index (χ1n) is 8.53. The van der Waals surface area contributed by atoms with Crippen LogP contribution in [-0.2, 0) is 22.4 Å². The van der Waals surface area contributed by atoms with Gasteiger partial charge in [-0.1, -0.05) is 13.8 Å². The average Bonchev–Trinajstić information content (AvgIpc) is 3.17. The first-order chi connectivity index (χ1) is 11.7. The highest BCUT2D eigenvalue weighted by atomic mass is 32.2. The van der Waals surface area contributed by atoms with E-state index < -0.39 is 21.0 Å². The van der Waals surface area contributed by atoms with Crippen molar-refractivity contribution in [2.75, 3.05) is 6.26 Å². The van der Waals surface area contributed by atoms with Gasteiger partial charge in [-0.25, -0.2) is 18.2 Å². The van der Waals surface area contributed by atoms with Gasteiger partial charge in [0.25, 0.3) is 0 Å². The van der Waals surface area contributed by atoms with Crippen LogP contribution < -0.4 is 5.69 Å². The fourth-order valence-electron chi connectivity index (χ4n) is 4.15. The Labute approximate surface area is 146 Å². The van der Waals surface area contributed by atoms with Crippen molar-refractivity contribution < 1.29 is 13.5 Å². The predicted octanol–water partition coefficient (Wildman–Crippen LogP) is 0.964. The number of rotatable bonds is 2. The van der Waals surface area contributed by atoms with E-state index >= 15 is 0 Å². The third kappa shape index (κ3) is 2.60. The lowest BCUT2D eigenvalue weighted by Gasteiger charge is -2.27. The molecule has 25 heavy (non-hydrogen) atoms. The number of hydrogen-bond acceptors (Lipinski definition) is 6. The van der Waals surface area contributed by atoms with Crippen LogP contribution >= 0.6 is 0 Å². The van der Waals surface area contributed by atoms with Gasteiger partial charge in [0, 0.05) is 13.3 Å². The van der Waals surface area contributed by atoms with E-state index in [1.54, 1.807) is 11.6 Å². The monoisotopic (exact) mass is 368 g/mol. The highest BCUT2D eigenvalue weighted by Crippen LogP contribution is 2.54. The first kappa shape index (κ1) is 18.1. The standard InChI is InChI=1S/C14H18N4O4S.C2H6/c1-17-9-7-15-11(23(2,21)22)16-10(9)18(12(17)19)13-3-5-14(20,8-13)6-4-13;1-2/h7,20H,3-6,8H2,1-2H3;1-2H3. The van der Waals surface area contributed by atoms with Crippen LogP contribution in [0.15, 0.2) is 16.1 Å².